The number of carbonyl (C=O) groups is 1. The minimum Gasteiger partial charge on any atom is -0.459 e. The second-order valence-corrected chi connectivity index (χ2v) is 5.51. The van der Waals surface area contributed by atoms with Crippen molar-refractivity contribution in [1.82, 2.24) is 0 Å². The van der Waals surface area contributed by atoms with Gasteiger partial charge in [-0.25, -0.2) is 8.78 Å². The number of rotatable bonds is 1. The molecule has 1 fully saturated rings. The first-order chi connectivity index (χ1) is 7.04. The number of alkyl halides is 2. The van der Waals surface area contributed by atoms with Gasteiger partial charge in [0.2, 0.25) is 5.92 Å². The Bertz CT molecular complexity index is 274. The van der Waals surface area contributed by atoms with Crippen molar-refractivity contribution in [2.75, 3.05) is 0 Å². The molecule has 16 heavy (non-hydrogen) atoms. The van der Waals surface area contributed by atoms with Crippen molar-refractivity contribution in [1.29, 1.82) is 0 Å². The van der Waals surface area contributed by atoms with Gasteiger partial charge >= 0.3 is 5.97 Å². The van der Waals surface area contributed by atoms with Gasteiger partial charge in [-0.15, -0.1) is 0 Å². The summed E-state index contributed by atoms with van der Waals surface area (Å²) in [5.74, 6) is -3.26. The normalized spacial score (nSPS) is 23.9. The van der Waals surface area contributed by atoms with Crippen LogP contribution in [0.15, 0.2) is 0 Å². The lowest BCUT2D eigenvalue weighted by Crippen LogP contribution is -2.54. The first kappa shape index (κ1) is 13.4. The minimum absolute atomic E-state index is 0.0189. The summed E-state index contributed by atoms with van der Waals surface area (Å²) in [7, 11) is 0. The molecule has 0 heterocycles. The van der Waals surface area contributed by atoms with Crippen LogP contribution in [-0.2, 0) is 9.53 Å². The Morgan fingerprint density at radius 3 is 2.00 bits per heavy atom. The van der Waals surface area contributed by atoms with Gasteiger partial charge in [0.05, 0.1) is 0 Å². The van der Waals surface area contributed by atoms with Gasteiger partial charge in [-0.3, -0.25) is 4.79 Å². The number of carbonyl (C=O) groups excluding carboxylic acids is 1. The molecule has 0 amide bonds. The first-order valence-electron chi connectivity index (χ1n) is 5.44. The van der Waals surface area contributed by atoms with Crippen molar-refractivity contribution < 1.29 is 18.3 Å². The van der Waals surface area contributed by atoms with Gasteiger partial charge in [0.15, 0.2) is 0 Å². The second-order valence-electron chi connectivity index (χ2n) is 5.51. The molecule has 2 N–H and O–H groups in total. The molecule has 0 aromatic heterocycles. The largest absolute Gasteiger partial charge is 0.459 e. The molecule has 1 aliphatic carbocycles. The van der Waals surface area contributed by atoms with E-state index in [1.165, 1.54) is 0 Å². The zero-order valence-corrected chi connectivity index (χ0v) is 9.98. The van der Waals surface area contributed by atoms with E-state index in [-0.39, 0.29) is 25.7 Å². The third-order valence-corrected chi connectivity index (χ3v) is 2.68. The van der Waals surface area contributed by atoms with E-state index in [1.54, 1.807) is 20.8 Å². The third-order valence-electron chi connectivity index (χ3n) is 2.68. The fourth-order valence-corrected chi connectivity index (χ4v) is 1.65. The molecule has 0 aromatic carbocycles. The molecule has 0 radical (unpaired) electrons. The molecular formula is C11H19F2NO2. The molecule has 0 aliphatic heterocycles. The van der Waals surface area contributed by atoms with E-state index in [1.807, 2.05) is 0 Å². The molecule has 0 unspecified atom stereocenters. The summed E-state index contributed by atoms with van der Waals surface area (Å²) in [4.78, 5) is 11.8. The zero-order chi connectivity index (χ0) is 12.6. The maximum absolute atomic E-state index is 12.9. The van der Waals surface area contributed by atoms with Crippen LogP contribution in [0.5, 0.6) is 0 Å². The van der Waals surface area contributed by atoms with Crippen LogP contribution in [0.3, 0.4) is 0 Å². The van der Waals surface area contributed by atoms with E-state index in [0.29, 0.717) is 0 Å². The summed E-state index contributed by atoms with van der Waals surface area (Å²) < 4.78 is 31.0. The summed E-state index contributed by atoms with van der Waals surface area (Å²) in [6.07, 6.45) is -0.727. The lowest BCUT2D eigenvalue weighted by molar-refractivity contribution is -0.166. The summed E-state index contributed by atoms with van der Waals surface area (Å²) in [5, 5.41) is 0. The SMILES string of the molecule is CC(C)(C)OC(=O)C1(N)CCC(F)(F)CC1. The van der Waals surface area contributed by atoms with Gasteiger partial charge in [0.1, 0.15) is 11.1 Å². The zero-order valence-electron chi connectivity index (χ0n) is 9.98. The molecule has 0 saturated heterocycles. The number of halogens is 2. The van der Waals surface area contributed by atoms with Crippen LogP contribution in [0, 0.1) is 0 Å². The second kappa shape index (κ2) is 3.95. The number of ether oxygens (including phenoxy) is 1. The Morgan fingerprint density at radius 1 is 1.19 bits per heavy atom. The van der Waals surface area contributed by atoms with Crippen LogP contribution in [0.1, 0.15) is 46.5 Å². The van der Waals surface area contributed by atoms with Gasteiger partial charge < -0.3 is 10.5 Å². The average Bonchev–Trinajstić information content (AvgIpc) is 2.08. The molecule has 0 aromatic rings. The molecule has 3 nitrogen and oxygen atoms in total. The number of hydrogen-bond donors (Lipinski definition) is 1. The highest BCUT2D eigenvalue weighted by Gasteiger charge is 2.47. The van der Waals surface area contributed by atoms with Crippen molar-refractivity contribution in [2.24, 2.45) is 5.73 Å². The fourth-order valence-electron chi connectivity index (χ4n) is 1.65. The third kappa shape index (κ3) is 3.40. The van der Waals surface area contributed by atoms with E-state index in [9.17, 15) is 13.6 Å². The first-order valence-corrected chi connectivity index (χ1v) is 5.44. The predicted octanol–water partition coefficient (Wildman–Crippen LogP) is 2.23. The lowest BCUT2D eigenvalue weighted by atomic mass is 9.80. The molecule has 0 atom stereocenters. The Balaban J connectivity index is 2.63. The molecule has 1 aliphatic rings. The highest BCUT2D eigenvalue weighted by Crippen LogP contribution is 2.38. The average molecular weight is 235 g/mol. The molecule has 5 heteroatoms. The topological polar surface area (TPSA) is 52.3 Å². The molecule has 0 bridgehead atoms. The van der Waals surface area contributed by atoms with E-state index in [2.05, 4.69) is 0 Å². The Hall–Kier alpha value is -0.710. The van der Waals surface area contributed by atoms with Crippen molar-refractivity contribution in [3.8, 4) is 0 Å². The van der Waals surface area contributed by atoms with E-state index in [0.717, 1.165) is 0 Å². The molecule has 0 spiro atoms. The van der Waals surface area contributed by atoms with Crippen molar-refractivity contribution in [3.63, 3.8) is 0 Å². The van der Waals surface area contributed by atoms with Gasteiger partial charge in [0, 0.05) is 12.8 Å². The van der Waals surface area contributed by atoms with E-state index in [4.69, 9.17) is 10.5 Å². The monoisotopic (exact) mass is 235 g/mol. The standard InChI is InChI=1S/C11H19F2NO2/c1-9(2,3)16-8(15)10(14)4-6-11(12,13)7-5-10/h4-7,14H2,1-3H3. The lowest BCUT2D eigenvalue weighted by Gasteiger charge is -2.36. The molecule has 1 saturated carbocycles. The van der Waals surface area contributed by atoms with E-state index < -0.39 is 23.0 Å². The van der Waals surface area contributed by atoms with Crippen LogP contribution in [0.2, 0.25) is 0 Å². The highest BCUT2D eigenvalue weighted by atomic mass is 19.3. The van der Waals surface area contributed by atoms with Gasteiger partial charge in [-0.2, -0.15) is 0 Å². The van der Waals surface area contributed by atoms with Crippen LogP contribution >= 0.6 is 0 Å². The molecular weight excluding hydrogens is 216 g/mol. The Kier molecular flexibility index (Phi) is 3.29. The number of esters is 1. The highest BCUT2D eigenvalue weighted by molar-refractivity contribution is 5.81. The molecule has 1 rings (SSSR count). The Morgan fingerprint density at radius 2 is 1.62 bits per heavy atom. The van der Waals surface area contributed by atoms with E-state index >= 15 is 0 Å². The van der Waals surface area contributed by atoms with Gasteiger partial charge in [-0.1, -0.05) is 0 Å². The van der Waals surface area contributed by atoms with Gasteiger partial charge in [-0.05, 0) is 33.6 Å². The van der Waals surface area contributed by atoms with Crippen molar-refractivity contribution >= 4 is 5.97 Å². The number of nitrogens with two attached hydrogens (primary N) is 1. The quantitative estimate of drug-likeness (QED) is 0.709. The van der Waals surface area contributed by atoms with Crippen molar-refractivity contribution in [2.45, 2.75) is 63.5 Å². The number of hydrogen-bond acceptors (Lipinski definition) is 3. The summed E-state index contributed by atoms with van der Waals surface area (Å²) in [6, 6.07) is 0. The summed E-state index contributed by atoms with van der Waals surface area (Å²) in [5.41, 5.74) is 3.95. The molecule has 94 valence electrons. The predicted molar refractivity (Wildman–Crippen MR) is 56.2 cm³/mol. The van der Waals surface area contributed by atoms with Gasteiger partial charge in [0.25, 0.3) is 0 Å². The Labute approximate surface area is 94.3 Å². The van der Waals surface area contributed by atoms with Crippen LogP contribution in [-0.4, -0.2) is 23.0 Å². The van der Waals surface area contributed by atoms with Crippen LogP contribution < -0.4 is 5.73 Å². The maximum atomic E-state index is 12.9. The summed E-state index contributed by atoms with van der Waals surface area (Å²) in [6.45, 7) is 5.18. The van der Waals surface area contributed by atoms with Crippen LogP contribution in [0.25, 0.3) is 0 Å². The smallest absolute Gasteiger partial charge is 0.326 e. The summed E-state index contributed by atoms with van der Waals surface area (Å²) >= 11 is 0. The maximum Gasteiger partial charge on any atom is 0.326 e. The van der Waals surface area contributed by atoms with Crippen molar-refractivity contribution in [3.05, 3.63) is 0 Å². The minimum atomic E-state index is -2.69. The van der Waals surface area contributed by atoms with Crippen LogP contribution in [0.4, 0.5) is 8.78 Å². The fraction of sp³-hybridized carbons (Fsp3) is 0.909.